The van der Waals surface area contributed by atoms with Gasteiger partial charge < -0.3 is 14.6 Å². The fraction of sp³-hybridized carbons (Fsp3) is 0.273. The number of phenols is 1. The lowest BCUT2D eigenvalue weighted by Gasteiger charge is -2.30. The van der Waals surface area contributed by atoms with Crippen molar-refractivity contribution in [2.45, 2.75) is 27.1 Å². The van der Waals surface area contributed by atoms with Crippen LogP contribution in [-0.2, 0) is 4.74 Å². The van der Waals surface area contributed by atoms with E-state index in [-0.39, 0.29) is 11.2 Å². The minimum atomic E-state index is -0.412. The molecule has 132 valence electrons. The molecule has 0 saturated carbocycles. The van der Waals surface area contributed by atoms with Crippen LogP contribution in [0, 0.1) is 5.41 Å². The van der Waals surface area contributed by atoms with Gasteiger partial charge in [-0.2, -0.15) is 0 Å². The molecule has 0 spiro atoms. The summed E-state index contributed by atoms with van der Waals surface area (Å²) in [5.74, 6) is 0.871. The molecule has 25 heavy (non-hydrogen) atoms. The van der Waals surface area contributed by atoms with Gasteiger partial charge in [-0.05, 0) is 41.0 Å². The predicted molar refractivity (Wildman–Crippen MR) is 105 cm³/mol. The van der Waals surface area contributed by atoms with Crippen molar-refractivity contribution in [3.05, 3.63) is 60.7 Å². The van der Waals surface area contributed by atoms with Gasteiger partial charge in [-0.1, -0.05) is 58.2 Å². The van der Waals surface area contributed by atoms with E-state index in [0.29, 0.717) is 5.75 Å². The molecule has 0 aromatic heterocycles. The molecule has 1 N–H and O–H groups in total. The van der Waals surface area contributed by atoms with E-state index in [2.05, 4.69) is 33.9 Å². The van der Waals surface area contributed by atoms with Crippen LogP contribution in [0.1, 0.15) is 31.9 Å². The number of methoxy groups -OCH3 is 1. The van der Waals surface area contributed by atoms with Crippen LogP contribution in [0.25, 0.3) is 23.3 Å². The molecule has 2 aromatic rings. The van der Waals surface area contributed by atoms with Gasteiger partial charge in [-0.3, -0.25) is 0 Å². The SMILES string of the molecule is C=Cc1ccc(OC(OC)C(C)(C)C)c(-c2cc(O)ccc2C=C)c1. The first-order valence-electron chi connectivity index (χ1n) is 8.22. The molecule has 1 atom stereocenters. The molecule has 3 heteroatoms. The Morgan fingerprint density at radius 2 is 1.72 bits per heavy atom. The van der Waals surface area contributed by atoms with Crippen molar-refractivity contribution in [1.82, 2.24) is 0 Å². The van der Waals surface area contributed by atoms with E-state index >= 15 is 0 Å². The van der Waals surface area contributed by atoms with Crippen LogP contribution in [0.4, 0.5) is 0 Å². The van der Waals surface area contributed by atoms with Crippen molar-refractivity contribution in [2.24, 2.45) is 5.41 Å². The molecule has 2 rings (SSSR count). The number of hydrogen-bond acceptors (Lipinski definition) is 3. The van der Waals surface area contributed by atoms with Crippen molar-refractivity contribution < 1.29 is 14.6 Å². The van der Waals surface area contributed by atoms with E-state index in [1.807, 2.05) is 24.3 Å². The number of rotatable bonds is 6. The first-order valence-corrected chi connectivity index (χ1v) is 8.22. The van der Waals surface area contributed by atoms with Crippen molar-refractivity contribution >= 4 is 12.2 Å². The zero-order valence-electron chi connectivity index (χ0n) is 15.4. The summed E-state index contributed by atoms with van der Waals surface area (Å²) < 4.78 is 11.7. The van der Waals surface area contributed by atoms with E-state index in [1.54, 1.807) is 31.4 Å². The largest absolute Gasteiger partial charge is 0.508 e. The summed E-state index contributed by atoms with van der Waals surface area (Å²) >= 11 is 0. The highest BCUT2D eigenvalue weighted by Crippen LogP contribution is 2.38. The van der Waals surface area contributed by atoms with E-state index < -0.39 is 6.29 Å². The number of benzene rings is 2. The molecule has 1 unspecified atom stereocenters. The molecule has 3 nitrogen and oxygen atoms in total. The monoisotopic (exact) mass is 338 g/mol. The summed E-state index contributed by atoms with van der Waals surface area (Å²) in [6.45, 7) is 13.9. The molecule has 0 aliphatic carbocycles. The second kappa shape index (κ2) is 7.58. The van der Waals surface area contributed by atoms with Crippen LogP contribution in [-0.4, -0.2) is 18.5 Å². The fourth-order valence-electron chi connectivity index (χ4n) is 2.64. The fourth-order valence-corrected chi connectivity index (χ4v) is 2.64. The summed E-state index contributed by atoms with van der Waals surface area (Å²) in [5.41, 5.74) is 3.38. The Morgan fingerprint density at radius 1 is 1.00 bits per heavy atom. The van der Waals surface area contributed by atoms with Crippen LogP contribution in [0.3, 0.4) is 0 Å². The number of hydrogen-bond donors (Lipinski definition) is 1. The maximum absolute atomic E-state index is 9.95. The maximum atomic E-state index is 9.95. The van der Waals surface area contributed by atoms with Crippen LogP contribution < -0.4 is 4.74 Å². The van der Waals surface area contributed by atoms with Crippen molar-refractivity contribution in [2.75, 3.05) is 7.11 Å². The summed E-state index contributed by atoms with van der Waals surface area (Å²) in [6, 6.07) is 11.0. The molecule has 0 saturated heterocycles. The molecule has 0 aliphatic rings. The predicted octanol–water partition coefficient (Wildman–Crippen LogP) is 5.74. The van der Waals surface area contributed by atoms with Gasteiger partial charge in [-0.25, -0.2) is 0 Å². The third kappa shape index (κ3) is 4.31. The minimum absolute atomic E-state index is 0.190. The highest BCUT2D eigenvalue weighted by molar-refractivity contribution is 5.81. The number of aromatic hydroxyl groups is 1. The van der Waals surface area contributed by atoms with Crippen LogP contribution in [0.2, 0.25) is 0 Å². The van der Waals surface area contributed by atoms with Crippen molar-refractivity contribution in [3.8, 4) is 22.6 Å². The first kappa shape index (κ1) is 18.8. The van der Waals surface area contributed by atoms with Gasteiger partial charge >= 0.3 is 0 Å². The second-order valence-electron chi connectivity index (χ2n) is 6.99. The van der Waals surface area contributed by atoms with Gasteiger partial charge in [0.25, 0.3) is 0 Å². The summed E-state index contributed by atoms with van der Waals surface area (Å²) in [5, 5.41) is 9.95. The standard InChI is InChI=1S/C22H26O3/c1-7-15-9-12-20(25-21(24-6)22(3,4)5)19(13-15)18-14-17(23)11-10-16(18)8-2/h7-14,21,23H,1-2H2,3-6H3. The van der Waals surface area contributed by atoms with Crippen LogP contribution in [0.5, 0.6) is 11.5 Å². The van der Waals surface area contributed by atoms with Gasteiger partial charge in [0.15, 0.2) is 0 Å². The average Bonchev–Trinajstić information content (AvgIpc) is 2.58. The van der Waals surface area contributed by atoms with Gasteiger partial charge in [0.1, 0.15) is 11.5 Å². The van der Waals surface area contributed by atoms with E-state index in [4.69, 9.17) is 9.47 Å². The molecule has 0 amide bonds. The molecule has 0 aliphatic heterocycles. The van der Waals surface area contributed by atoms with Gasteiger partial charge in [0, 0.05) is 18.1 Å². The Balaban J connectivity index is 2.62. The smallest absolute Gasteiger partial charge is 0.204 e. The van der Waals surface area contributed by atoms with Crippen molar-refractivity contribution in [3.63, 3.8) is 0 Å². The molecular formula is C22H26O3. The second-order valence-corrected chi connectivity index (χ2v) is 6.99. The molecular weight excluding hydrogens is 312 g/mol. The van der Waals surface area contributed by atoms with Crippen LogP contribution in [0.15, 0.2) is 49.6 Å². The normalized spacial score (nSPS) is 12.5. The topological polar surface area (TPSA) is 38.7 Å². The lowest BCUT2D eigenvalue weighted by Crippen LogP contribution is -2.33. The average molecular weight is 338 g/mol. The van der Waals surface area contributed by atoms with Crippen molar-refractivity contribution in [1.29, 1.82) is 0 Å². The maximum Gasteiger partial charge on any atom is 0.204 e. The highest BCUT2D eigenvalue weighted by atomic mass is 16.7. The Morgan fingerprint density at radius 3 is 2.28 bits per heavy atom. The Hall–Kier alpha value is -2.52. The quantitative estimate of drug-likeness (QED) is 0.682. The molecule has 0 fully saturated rings. The Kier molecular flexibility index (Phi) is 5.70. The van der Waals surface area contributed by atoms with E-state index in [0.717, 1.165) is 22.3 Å². The summed E-state index contributed by atoms with van der Waals surface area (Å²) in [4.78, 5) is 0. The van der Waals surface area contributed by atoms with Gasteiger partial charge in [0.2, 0.25) is 6.29 Å². The zero-order chi connectivity index (χ0) is 18.6. The summed E-state index contributed by atoms with van der Waals surface area (Å²) in [7, 11) is 1.64. The lowest BCUT2D eigenvalue weighted by molar-refractivity contribution is -0.120. The lowest BCUT2D eigenvalue weighted by atomic mass is 9.94. The zero-order valence-corrected chi connectivity index (χ0v) is 15.4. The summed E-state index contributed by atoms with van der Waals surface area (Å²) in [6.07, 6.45) is 3.13. The third-order valence-corrected chi connectivity index (χ3v) is 3.94. The first-order chi connectivity index (χ1) is 11.8. The van der Waals surface area contributed by atoms with E-state index in [9.17, 15) is 5.11 Å². The van der Waals surface area contributed by atoms with Gasteiger partial charge in [-0.15, -0.1) is 0 Å². The molecule has 0 heterocycles. The molecule has 2 aromatic carbocycles. The van der Waals surface area contributed by atoms with Gasteiger partial charge in [0.05, 0.1) is 0 Å². The Labute approximate surface area is 150 Å². The molecule has 0 bridgehead atoms. The number of phenolic OH excluding ortho intramolecular Hbond substituents is 1. The molecule has 0 radical (unpaired) electrons. The van der Waals surface area contributed by atoms with E-state index in [1.165, 1.54) is 0 Å². The Bertz CT molecular complexity index is 769. The van der Waals surface area contributed by atoms with Crippen LogP contribution >= 0.6 is 0 Å². The highest BCUT2D eigenvalue weighted by Gasteiger charge is 2.27. The number of ether oxygens (including phenoxy) is 2. The minimum Gasteiger partial charge on any atom is -0.508 e. The third-order valence-electron chi connectivity index (χ3n) is 3.94.